The standard InChI is InChI=1S/C20H16BrNO4/c1-2-25-17-11-13(19(22)23)10-16(21)18(17)26-20(24)15-9-5-7-12-6-3-4-8-14(12)15/h3-11H,2H2,1H3,(H2,22,23). The van der Waals surface area contributed by atoms with E-state index < -0.39 is 11.9 Å². The zero-order valence-electron chi connectivity index (χ0n) is 14.0. The highest BCUT2D eigenvalue weighted by atomic mass is 79.9. The van der Waals surface area contributed by atoms with Gasteiger partial charge in [-0.3, -0.25) is 4.79 Å². The molecule has 0 heterocycles. The predicted molar refractivity (Wildman–Crippen MR) is 103 cm³/mol. The molecule has 0 radical (unpaired) electrons. The molecule has 26 heavy (non-hydrogen) atoms. The lowest BCUT2D eigenvalue weighted by molar-refractivity contribution is 0.0729. The Morgan fingerprint density at radius 1 is 1.08 bits per heavy atom. The van der Waals surface area contributed by atoms with Crippen molar-refractivity contribution in [3.63, 3.8) is 0 Å². The molecule has 0 aliphatic heterocycles. The molecule has 132 valence electrons. The van der Waals surface area contributed by atoms with Crippen LogP contribution in [0.1, 0.15) is 27.6 Å². The fourth-order valence-corrected chi connectivity index (χ4v) is 3.15. The van der Waals surface area contributed by atoms with Crippen molar-refractivity contribution < 1.29 is 19.1 Å². The molecule has 0 atom stereocenters. The van der Waals surface area contributed by atoms with Crippen LogP contribution in [0.25, 0.3) is 10.8 Å². The summed E-state index contributed by atoms with van der Waals surface area (Å²) >= 11 is 3.32. The van der Waals surface area contributed by atoms with Crippen LogP contribution in [-0.4, -0.2) is 18.5 Å². The van der Waals surface area contributed by atoms with E-state index in [-0.39, 0.29) is 17.1 Å². The molecule has 1 amide bonds. The van der Waals surface area contributed by atoms with E-state index in [0.717, 1.165) is 10.8 Å². The van der Waals surface area contributed by atoms with Crippen molar-refractivity contribution in [3.05, 3.63) is 70.2 Å². The minimum absolute atomic E-state index is 0.204. The second-order valence-corrected chi connectivity index (χ2v) is 6.35. The van der Waals surface area contributed by atoms with Crippen LogP contribution in [0.15, 0.2) is 59.1 Å². The number of halogens is 1. The van der Waals surface area contributed by atoms with Gasteiger partial charge in [0.15, 0.2) is 11.5 Å². The summed E-state index contributed by atoms with van der Waals surface area (Å²) < 4.78 is 11.5. The van der Waals surface area contributed by atoms with Gasteiger partial charge in [-0.2, -0.15) is 0 Å². The van der Waals surface area contributed by atoms with Crippen LogP contribution in [0.2, 0.25) is 0 Å². The fraction of sp³-hybridized carbons (Fsp3) is 0.100. The first kappa shape index (κ1) is 17.9. The second-order valence-electron chi connectivity index (χ2n) is 5.50. The lowest BCUT2D eigenvalue weighted by Gasteiger charge is -2.14. The van der Waals surface area contributed by atoms with E-state index in [1.165, 1.54) is 12.1 Å². The highest BCUT2D eigenvalue weighted by Gasteiger charge is 2.20. The van der Waals surface area contributed by atoms with Gasteiger partial charge in [0.05, 0.1) is 16.6 Å². The van der Waals surface area contributed by atoms with Gasteiger partial charge in [0.25, 0.3) is 0 Å². The van der Waals surface area contributed by atoms with Crippen LogP contribution >= 0.6 is 15.9 Å². The van der Waals surface area contributed by atoms with Crippen molar-refractivity contribution in [2.24, 2.45) is 5.73 Å². The van der Waals surface area contributed by atoms with E-state index >= 15 is 0 Å². The normalized spacial score (nSPS) is 10.5. The van der Waals surface area contributed by atoms with Gasteiger partial charge in [0.2, 0.25) is 5.91 Å². The number of ether oxygens (including phenoxy) is 2. The number of benzene rings is 3. The topological polar surface area (TPSA) is 78.6 Å². The predicted octanol–water partition coefficient (Wildman–Crippen LogP) is 4.32. The van der Waals surface area contributed by atoms with Gasteiger partial charge < -0.3 is 15.2 Å². The monoisotopic (exact) mass is 413 g/mol. The number of rotatable bonds is 5. The third-order valence-electron chi connectivity index (χ3n) is 3.80. The molecule has 6 heteroatoms. The number of fused-ring (bicyclic) bond motifs is 1. The highest BCUT2D eigenvalue weighted by Crippen LogP contribution is 2.37. The molecule has 0 aliphatic carbocycles. The number of primary amides is 1. The molecule has 3 rings (SSSR count). The van der Waals surface area contributed by atoms with Gasteiger partial charge in [0, 0.05) is 5.56 Å². The number of hydrogen-bond acceptors (Lipinski definition) is 4. The molecule has 0 saturated heterocycles. The number of nitrogens with two attached hydrogens (primary N) is 1. The van der Waals surface area contributed by atoms with Crippen molar-refractivity contribution in [3.8, 4) is 11.5 Å². The average Bonchev–Trinajstić information content (AvgIpc) is 2.63. The SMILES string of the molecule is CCOc1cc(C(N)=O)cc(Br)c1OC(=O)c1cccc2ccccc12. The minimum atomic E-state index is -0.599. The molecule has 0 unspecified atom stereocenters. The third-order valence-corrected chi connectivity index (χ3v) is 4.39. The molecule has 5 nitrogen and oxygen atoms in total. The highest BCUT2D eigenvalue weighted by molar-refractivity contribution is 9.10. The maximum absolute atomic E-state index is 12.8. The van der Waals surface area contributed by atoms with Crippen molar-refractivity contribution in [1.29, 1.82) is 0 Å². The Kier molecular flexibility index (Phi) is 5.23. The molecule has 0 aliphatic rings. The summed E-state index contributed by atoms with van der Waals surface area (Å²) in [7, 11) is 0. The largest absolute Gasteiger partial charge is 0.490 e. The van der Waals surface area contributed by atoms with Crippen molar-refractivity contribution in [2.45, 2.75) is 6.92 Å². The molecule has 0 fully saturated rings. The quantitative estimate of drug-likeness (QED) is 0.498. The van der Waals surface area contributed by atoms with Gasteiger partial charge >= 0.3 is 5.97 Å². The number of esters is 1. The first-order valence-electron chi connectivity index (χ1n) is 7.97. The molecular weight excluding hydrogens is 398 g/mol. The Balaban J connectivity index is 2.02. The molecular formula is C20H16BrNO4. The molecule has 2 N–H and O–H groups in total. The Labute approximate surface area is 158 Å². The summed E-state index contributed by atoms with van der Waals surface area (Å²) in [6.07, 6.45) is 0. The minimum Gasteiger partial charge on any atom is -0.490 e. The summed E-state index contributed by atoms with van der Waals surface area (Å²) in [6.45, 7) is 2.13. The molecule has 0 aromatic heterocycles. The lowest BCUT2D eigenvalue weighted by atomic mass is 10.0. The maximum Gasteiger partial charge on any atom is 0.344 e. The van der Waals surface area contributed by atoms with E-state index in [1.807, 2.05) is 30.3 Å². The van der Waals surface area contributed by atoms with Crippen molar-refractivity contribution in [1.82, 2.24) is 0 Å². The maximum atomic E-state index is 12.8. The Hall–Kier alpha value is -2.86. The summed E-state index contributed by atoms with van der Waals surface area (Å²) in [4.78, 5) is 24.2. The van der Waals surface area contributed by atoms with Crippen LogP contribution in [0, 0.1) is 0 Å². The first-order valence-corrected chi connectivity index (χ1v) is 8.76. The zero-order chi connectivity index (χ0) is 18.7. The zero-order valence-corrected chi connectivity index (χ0v) is 15.6. The summed E-state index contributed by atoms with van der Waals surface area (Å²) in [5, 5.41) is 1.73. The van der Waals surface area contributed by atoms with Gasteiger partial charge in [-0.25, -0.2) is 4.79 Å². The van der Waals surface area contributed by atoms with E-state index in [1.54, 1.807) is 19.1 Å². The first-order chi connectivity index (χ1) is 12.5. The van der Waals surface area contributed by atoms with Gasteiger partial charge in [0.1, 0.15) is 0 Å². The molecule has 3 aromatic carbocycles. The summed E-state index contributed by atoms with van der Waals surface area (Å²) in [5.41, 5.74) is 6.03. The molecule has 0 saturated carbocycles. The van der Waals surface area contributed by atoms with Gasteiger partial charge in [-0.1, -0.05) is 36.4 Å². The van der Waals surface area contributed by atoms with Crippen molar-refractivity contribution >= 4 is 38.6 Å². The Morgan fingerprint density at radius 2 is 1.81 bits per heavy atom. The van der Waals surface area contributed by atoms with E-state index in [2.05, 4.69) is 15.9 Å². The van der Waals surface area contributed by atoms with Crippen LogP contribution < -0.4 is 15.2 Å². The Morgan fingerprint density at radius 3 is 2.54 bits per heavy atom. The smallest absolute Gasteiger partial charge is 0.344 e. The molecule has 0 bridgehead atoms. The second kappa shape index (κ2) is 7.58. The number of carbonyl (C=O) groups is 2. The van der Waals surface area contributed by atoms with E-state index in [4.69, 9.17) is 15.2 Å². The Bertz CT molecular complexity index is 995. The summed E-state index contributed by atoms with van der Waals surface area (Å²) in [6, 6.07) is 15.9. The van der Waals surface area contributed by atoms with Crippen LogP contribution in [0.5, 0.6) is 11.5 Å². The number of amides is 1. The lowest BCUT2D eigenvalue weighted by Crippen LogP contribution is -2.14. The third kappa shape index (κ3) is 3.55. The molecule has 0 spiro atoms. The fourth-order valence-electron chi connectivity index (χ4n) is 2.62. The number of hydrogen-bond donors (Lipinski definition) is 1. The molecule has 3 aromatic rings. The average molecular weight is 414 g/mol. The summed E-state index contributed by atoms with van der Waals surface area (Å²) in [5.74, 6) is -0.645. The van der Waals surface area contributed by atoms with Crippen molar-refractivity contribution in [2.75, 3.05) is 6.61 Å². The van der Waals surface area contributed by atoms with Gasteiger partial charge in [-0.05, 0) is 51.8 Å². The van der Waals surface area contributed by atoms with E-state index in [0.29, 0.717) is 16.6 Å². The van der Waals surface area contributed by atoms with E-state index in [9.17, 15) is 9.59 Å². The van der Waals surface area contributed by atoms with Crippen LogP contribution in [-0.2, 0) is 0 Å². The van der Waals surface area contributed by atoms with Crippen LogP contribution in [0.3, 0.4) is 0 Å². The number of carbonyl (C=O) groups excluding carboxylic acids is 2. The van der Waals surface area contributed by atoms with Gasteiger partial charge in [-0.15, -0.1) is 0 Å². The van der Waals surface area contributed by atoms with Crippen LogP contribution in [0.4, 0.5) is 0 Å².